The second kappa shape index (κ2) is 9.31. The van der Waals surface area contributed by atoms with Gasteiger partial charge in [-0.2, -0.15) is 20.3 Å². The van der Waals surface area contributed by atoms with Crippen LogP contribution in [0.3, 0.4) is 0 Å². The summed E-state index contributed by atoms with van der Waals surface area (Å²) in [6, 6.07) is 11.2. The molecule has 0 bridgehead atoms. The average molecular weight is 458 g/mol. The average Bonchev–Trinajstić information content (AvgIpc) is 3.31. The molecule has 0 radical (unpaired) electrons. The standard InChI is InChI=1S/C25H31N9/c1-18-12-19-4-5-20(22-15-28-33(16-22)7-3-6-26)13-21(19)17-34(18)24-14-23(29-25(27)30-24)32-10-8-31(2)9-11-32/h4-5,13-16,18H,3,7-12,17H2,1-2H3,(H2,27,29,30). The molecule has 4 heterocycles. The van der Waals surface area contributed by atoms with E-state index in [-0.39, 0.29) is 0 Å². The number of benzene rings is 1. The van der Waals surface area contributed by atoms with E-state index < -0.39 is 0 Å². The molecule has 9 heteroatoms. The van der Waals surface area contributed by atoms with Gasteiger partial charge >= 0.3 is 0 Å². The monoisotopic (exact) mass is 457 g/mol. The Hall–Kier alpha value is -3.64. The molecule has 5 rings (SSSR count). The lowest BCUT2D eigenvalue weighted by atomic mass is 9.92. The van der Waals surface area contributed by atoms with Crippen LogP contribution in [-0.2, 0) is 19.5 Å². The lowest BCUT2D eigenvalue weighted by molar-refractivity contribution is 0.312. The zero-order chi connectivity index (χ0) is 23.7. The molecular formula is C25H31N9. The summed E-state index contributed by atoms with van der Waals surface area (Å²) in [5.74, 6) is 2.12. The number of hydrogen-bond acceptors (Lipinski definition) is 8. The van der Waals surface area contributed by atoms with Crippen molar-refractivity contribution >= 4 is 17.6 Å². The van der Waals surface area contributed by atoms with Crippen LogP contribution in [0.1, 0.15) is 24.5 Å². The molecule has 3 aromatic rings. The Kier molecular flexibility index (Phi) is 6.07. The number of piperazine rings is 1. The van der Waals surface area contributed by atoms with Crippen molar-refractivity contribution in [3.63, 3.8) is 0 Å². The quantitative estimate of drug-likeness (QED) is 0.623. The number of aryl methyl sites for hydroxylation is 1. The molecule has 176 valence electrons. The van der Waals surface area contributed by atoms with Crippen molar-refractivity contribution in [3.8, 4) is 17.2 Å². The van der Waals surface area contributed by atoms with Crippen LogP contribution >= 0.6 is 0 Å². The van der Waals surface area contributed by atoms with E-state index >= 15 is 0 Å². The molecule has 1 unspecified atom stereocenters. The number of aromatic nitrogens is 4. The maximum absolute atomic E-state index is 8.83. The number of fused-ring (bicyclic) bond motifs is 1. The van der Waals surface area contributed by atoms with Gasteiger partial charge in [-0.15, -0.1) is 0 Å². The van der Waals surface area contributed by atoms with Crippen LogP contribution in [-0.4, -0.2) is 63.9 Å². The van der Waals surface area contributed by atoms with Gasteiger partial charge in [-0.05, 0) is 43.1 Å². The van der Waals surface area contributed by atoms with Gasteiger partial charge in [0.1, 0.15) is 11.6 Å². The highest BCUT2D eigenvalue weighted by Crippen LogP contribution is 2.32. The third kappa shape index (κ3) is 4.54. The first kappa shape index (κ1) is 22.2. The number of nitriles is 1. The van der Waals surface area contributed by atoms with Crippen molar-refractivity contribution < 1.29 is 0 Å². The van der Waals surface area contributed by atoms with E-state index in [9.17, 15) is 0 Å². The maximum Gasteiger partial charge on any atom is 0.223 e. The predicted octanol–water partition coefficient (Wildman–Crippen LogP) is 2.54. The molecule has 1 saturated heterocycles. The topological polar surface area (TPSA) is 103 Å². The lowest BCUT2D eigenvalue weighted by Gasteiger charge is -2.37. The van der Waals surface area contributed by atoms with E-state index in [1.807, 2.05) is 17.1 Å². The first-order valence-corrected chi connectivity index (χ1v) is 11.9. The van der Waals surface area contributed by atoms with Crippen LogP contribution in [0.25, 0.3) is 11.1 Å². The fourth-order valence-electron chi connectivity index (χ4n) is 4.81. The van der Waals surface area contributed by atoms with Gasteiger partial charge in [-0.25, -0.2) is 0 Å². The van der Waals surface area contributed by atoms with E-state index in [1.54, 1.807) is 0 Å². The maximum atomic E-state index is 8.83. The zero-order valence-corrected chi connectivity index (χ0v) is 19.9. The summed E-state index contributed by atoms with van der Waals surface area (Å²) in [6.07, 6.45) is 5.28. The van der Waals surface area contributed by atoms with E-state index in [4.69, 9.17) is 11.0 Å². The third-order valence-corrected chi connectivity index (χ3v) is 6.85. The van der Waals surface area contributed by atoms with Crippen LogP contribution in [0.2, 0.25) is 0 Å². The Balaban J connectivity index is 1.40. The molecule has 9 nitrogen and oxygen atoms in total. The predicted molar refractivity (Wildman–Crippen MR) is 133 cm³/mol. The molecule has 1 atom stereocenters. The van der Waals surface area contributed by atoms with Crippen molar-refractivity contribution in [1.29, 1.82) is 5.26 Å². The molecule has 2 N–H and O–H groups in total. The first-order chi connectivity index (χ1) is 16.5. The number of nitrogens with zero attached hydrogens (tertiary/aromatic N) is 8. The summed E-state index contributed by atoms with van der Waals surface area (Å²) in [6.45, 7) is 7.53. The Morgan fingerprint density at radius 3 is 2.65 bits per heavy atom. The Morgan fingerprint density at radius 1 is 1.06 bits per heavy atom. The molecule has 0 amide bonds. The van der Waals surface area contributed by atoms with E-state index in [0.717, 1.165) is 61.9 Å². The van der Waals surface area contributed by atoms with Crippen LogP contribution in [0, 0.1) is 11.3 Å². The lowest BCUT2D eigenvalue weighted by Crippen LogP contribution is -2.45. The van der Waals surface area contributed by atoms with Gasteiger partial charge in [0, 0.05) is 56.6 Å². The van der Waals surface area contributed by atoms with Crippen molar-refractivity contribution in [2.24, 2.45) is 0 Å². The van der Waals surface area contributed by atoms with Crippen LogP contribution < -0.4 is 15.5 Å². The minimum Gasteiger partial charge on any atom is -0.368 e. The third-order valence-electron chi connectivity index (χ3n) is 6.85. The van der Waals surface area contributed by atoms with Gasteiger partial charge in [-0.1, -0.05) is 12.1 Å². The second-order valence-corrected chi connectivity index (χ2v) is 9.30. The van der Waals surface area contributed by atoms with Crippen molar-refractivity contribution in [2.45, 2.75) is 38.9 Å². The number of nitrogens with two attached hydrogens (primary N) is 1. The summed E-state index contributed by atoms with van der Waals surface area (Å²) in [5.41, 5.74) is 11.0. The fourth-order valence-corrected chi connectivity index (χ4v) is 4.81. The zero-order valence-electron chi connectivity index (χ0n) is 19.9. The molecule has 0 aliphatic carbocycles. The number of anilines is 3. The smallest absolute Gasteiger partial charge is 0.223 e. The summed E-state index contributed by atoms with van der Waals surface area (Å²) < 4.78 is 1.83. The van der Waals surface area contributed by atoms with Gasteiger partial charge in [0.15, 0.2) is 0 Å². The summed E-state index contributed by atoms with van der Waals surface area (Å²) in [7, 11) is 2.15. The number of rotatable bonds is 5. The van der Waals surface area contributed by atoms with E-state index in [0.29, 0.717) is 25.0 Å². The largest absolute Gasteiger partial charge is 0.368 e. The molecule has 2 aliphatic rings. The molecule has 0 saturated carbocycles. The Bertz CT molecular complexity index is 1200. The van der Waals surface area contributed by atoms with E-state index in [1.165, 1.54) is 11.1 Å². The van der Waals surface area contributed by atoms with Crippen molar-refractivity contribution in [3.05, 3.63) is 47.8 Å². The highest BCUT2D eigenvalue weighted by Gasteiger charge is 2.26. The summed E-state index contributed by atoms with van der Waals surface area (Å²) in [5, 5.41) is 13.2. The van der Waals surface area contributed by atoms with Gasteiger partial charge in [0.2, 0.25) is 5.95 Å². The normalized spacial score (nSPS) is 18.6. The SMILES string of the molecule is CC1Cc2ccc(-c3cnn(CCC#N)c3)cc2CN1c1cc(N2CCN(C)CC2)nc(N)n1. The van der Waals surface area contributed by atoms with Gasteiger partial charge in [-0.3, -0.25) is 4.68 Å². The molecule has 2 aliphatic heterocycles. The Labute approximate surface area is 200 Å². The molecule has 34 heavy (non-hydrogen) atoms. The molecule has 1 fully saturated rings. The second-order valence-electron chi connectivity index (χ2n) is 9.30. The van der Waals surface area contributed by atoms with Gasteiger partial charge in [0.25, 0.3) is 0 Å². The van der Waals surface area contributed by atoms with Crippen LogP contribution in [0.5, 0.6) is 0 Å². The Morgan fingerprint density at radius 2 is 1.85 bits per heavy atom. The molecule has 1 aromatic carbocycles. The van der Waals surface area contributed by atoms with Gasteiger partial charge < -0.3 is 20.4 Å². The highest BCUT2D eigenvalue weighted by atomic mass is 15.3. The fraction of sp³-hybridized carbons (Fsp3) is 0.440. The highest BCUT2D eigenvalue weighted by molar-refractivity contribution is 5.65. The number of hydrogen-bond donors (Lipinski definition) is 1. The molecule has 2 aromatic heterocycles. The summed E-state index contributed by atoms with van der Waals surface area (Å²) >= 11 is 0. The number of likely N-dealkylation sites (N-methyl/N-ethyl adjacent to an activating group) is 1. The minimum atomic E-state index is 0.307. The minimum absolute atomic E-state index is 0.307. The van der Waals surface area contributed by atoms with Crippen molar-refractivity contribution in [2.75, 3.05) is 48.8 Å². The van der Waals surface area contributed by atoms with Gasteiger partial charge in [0.05, 0.1) is 25.2 Å². The first-order valence-electron chi connectivity index (χ1n) is 11.9. The molecular weight excluding hydrogens is 426 g/mol. The molecule has 0 spiro atoms. The number of nitrogen functional groups attached to an aromatic ring is 1. The summed E-state index contributed by atoms with van der Waals surface area (Å²) in [4.78, 5) is 16.1. The van der Waals surface area contributed by atoms with Crippen LogP contribution in [0.4, 0.5) is 17.6 Å². The van der Waals surface area contributed by atoms with E-state index in [2.05, 4.69) is 74.1 Å². The van der Waals surface area contributed by atoms with Crippen molar-refractivity contribution in [1.82, 2.24) is 24.6 Å². The van der Waals surface area contributed by atoms with Crippen LogP contribution in [0.15, 0.2) is 36.7 Å².